The number of alkyl halides is 2. The van der Waals surface area contributed by atoms with Crippen LogP contribution in [-0.2, 0) is 28.6 Å². The van der Waals surface area contributed by atoms with Gasteiger partial charge >= 0.3 is 17.9 Å². The van der Waals surface area contributed by atoms with Gasteiger partial charge in [0, 0.05) is 31.8 Å². The Labute approximate surface area is 292 Å². The quantitative estimate of drug-likeness (QED) is 0.199. The smallest absolute Gasteiger partial charge is 0.328 e. The summed E-state index contributed by atoms with van der Waals surface area (Å²) < 4.78 is 48.0. The second-order valence-electron chi connectivity index (χ2n) is 18.4. The van der Waals surface area contributed by atoms with Gasteiger partial charge in [0.2, 0.25) is 0 Å². The van der Waals surface area contributed by atoms with E-state index in [-0.39, 0.29) is 89.2 Å². The van der Waals surface area contributed by atoms with E-state index in [0.29, 0.717) is 30.3 Å². The van der Waals surface area contributed by atoms with Gasteiger partial charge in [0.25, 0.3) is 5.91 Å². The zero-order valence-corrected chi connectivity index (χ0v) is 31.1. The van der Waals surface area contributed by atoms with E-state index in [1.54, 1.807) is 0 Å². The molecule has 6 fully saturated rings. The Morgan fingerprint density at radius 3 is 2.22 bits per heavy atom. The Kier molecular flexibility index (Phi) is 9.43. The highest BCUT2D eigenvalue weighted by Crippen LogP contribution is 2.78. The highest BCUT2D eigenvalue weighted by Gasteiger charge is 2.71. The zero-order chi connectivity index (χ0) is 35.8. The van der Waals surface area contributed by atoms with Gasteiger partial charge in [-0.1, -0.05) is 46.8 Å². The minimum atomic E-state index is -3.53. The average molecular weight is 690 g/mol. The first kappa shape index (κ1) is 36.8. The number of nitrogens with zero attached hydrogens (tertiary/aromatic N) is 1. The summed E-state index contributed by atoms with van der Waals surface area (Å²) in [4.78, 5) is 39.3. The monoisotopic (exact) mass is 689 g/mol. The number of fused-ring (bicyclic) bond motifs is 7. The molecule has 0 spiro atoms. The molecular formula is C40H61F2NO6. The van der Waals surface area contributed by atoms with Crippen molar-refractivity contribution < 1.29 is 37.4 Å². The first-order valence-electron chi connectivity index (χ1n) is 19.0. The Morgan fingerprint density at radius 2 is 1.57 bits per heavy atom. The van der Waals surface area contributed by atoms with E-state index in [4.69, 9.17) is 14.2 Å². The number of amides is 1. The first-order valence-corrected chi connectivity index (χ1v) is 19.0. The molecule has 1 heterocycles. The van der Waals surface area contributed by atoms with Crippen LogP contribution in [0.2, 0.25) is 0 Å². The van der Waals surface area contributed by atoms with Crippen molar-refractivity contribution in [2.24, 2.45) is 56.7 Å². The molecule has 5 saturated carbocycles. The number of hydrogen-bond donors (Lipinski definition) is 0. The molecular weight excluding hydrogens is 628 g/mol. The molecule has 0 N–H and O–H groups in total. The topological polar surface area (TPSA) is 82.1 Å². The van der Waals surface area contributed by atoms with Crippen molar-refractivity contribution in [3.63, 3.8) is 0 Å². The molecule has 0 bridgehead atoms. The van der Waals surface area contributed by atoms with Crippen LogP contribution < -0.4 is 0 Å². The summed E-state index contributed by atoms with van der Waals surface area (Å²) in [5.41, 5.74) is 0.109. The lowest BCUT2D eigenvalue weighted by Gasteiger charge is -2.73. The molecule has 1 amide bonds. The van der Waals surface area contributed by atoms with Crippen molar-refractivity contribution in [3.8, 4) is 0 Å². The molecule has 0 aromatic carbocycles. The Balaban J connectivity index is 1.31. The number of carbonyl (C=O) groups is 3. The molecule has 1 aliphatic heterocycles. The lowest BCUT2D eigenvalue weighted by Crippen LogP contribution is -2.66. The highest BCUT2D eigenvalue weighted by molar-refractivity contribution is 5.84. The van der Waals surface area contributed by atoms with E-state index in [2.05, 4.69) is 41.2 Å². The zero-order valence-electron chi connectivity index (χ0n) is 31.1. The maximum Gasteiger partial charge on any atom is 0.328 e. The van der Waals surface area contributed by atoms with Crippen LogP contribution in [0.25, 0.3) is 0 Å². The second kappa shape index (κ2) is 12.6. The third-order valence-electron chi connectivity index (χ3n) is 16.2. The maximum atomic E-state index is 15.7. The predicted molar refractivity (Wildman–Crippen MR) is 182 cm³/mol. The van der Waals surface area contributed by atoms with Crippen molar-refractivity contribution in [2.75, 3.05) is 33.4 Å². The van der Waals surface area contributed by atoms with Gasteiger partial charge in [-0.25, -0.2) is 0 Å². The number of esters is 2. The summed E-state index contributed by atoms with van der Waals surface area (Å²) >= 11 is 0. The van der Waals surface area contributed by atoms with Crippen LogP contribution in [0.3, 0.4) is 0 Å². The normalized spacial score (nSPS) is 42.9. The predicted octanol–water partition coefficient (Wildman–Crippen LogP) is 8.00. The van der Waals surface area contributed by atoms with Crippen molar-refractivity contribution >= 4 is 17.8 Å². The van der Waals surface area contributed by atoms with Crippen molar-refractivity contribution in [3.05, 3.63) is 12.2 Å². The lowest BCUT2D eigenvalue weighted by molar-refractivity contribution is -0.250. The van der Waals surface area contributed by atoms with Gasteiger partial charge in [0.05, 0.1) is 26.7 Å². The number of carbonyl (C=O) groups excluding carboxylic acids is 3. The molecule has 49 heavy (non-hydrogen) atoms. The van der Waals surface area contributed by atoms with Gasteiger partial charge in [-0.15, -0.1) is 0 Å². The van der Waals surface area contributed by atoms with Gasteiger partial charge in [0.1, 0.15) is 6.10 Å². The van der Waals surface area contributed by atoms with Gasteiger partial charge in [-0.2, -0.15) is 8.78 Å². The molecule has 0 aromatic rings. The lowest BCUT2D eigenvalue weighted by atomic mass is 9.32. The number of hydrogen-bond acceptors (Lipinski definition) is 6. The highest BCUT2D eigenvalue weighted by atomic mass is 19.3. The SMILES string of the molecule is C=C(CC(F)(F)C(=O)N1CCOCC1)[C@@H]1CC[C@@]2(CC(=O)OC)CC[C@]3(C)[C@H](CC[C@@H]4[C@@]5(C)CC[C@H](OC(C)=O)C(C)(C)[C@@H]5CC[C@]43C)[C@@H]12. The van der Waals surface area contributed by atoms with E-state index in [1.165, 1.54) is 18.9 Å². The van der Waals surface area contributed by atoms with Crippen LogP contribution in [0.1, 0.15) is 119 Å². The Hall–Kier alpha value is -2.03. The summed E-state index contributed by atoms with van der Waals surface area (Å²) in [6.45, 7) is 18.8. The fourth-order valence-corrected chi connectivity index (χ4v) is 13.7. The van der Waals surface area contributed by atoms with E-state index in [1.807, 2.05) is 0 Å². The summed E-state index contributed by atoms with van der Waals surface area (Å²) in [6, 6.07) is 0. The molecule has 5 aliphatic carbocycles. The molecule has 0 radical (unpaired) electrons. The third-order valence-corrected chi connectivity index (χ3v) is 16.2. The first-order chi connectivity index (χ1) is 22.9. The summed E-state index contributed by atoms with van der Waals surface area (Å²) in [5.74, 6) is -4.06. The standard InChI is InChI=1S/C40H61F2NO6/c1-25(23-40(41,42)34(46)43-19-21-48-22-20-43)27-11-16-39(24-32(45)47-8)18-17-37(6)28(33(27)39)9-10-30-36(5)14-13-31(49-26(2)44)35(3,4)29(36)12-15-38(30,37)7/h27-31,33H,1,9-24H2,2-8H3/t27-,28+,29-,30+,31-,33+,36-,37+,38+,39-/m0/s1. The minimum absolute atomic E-state index is 0.0339. The number of morpholine rings is 1. The van der Waals surface area contributed by atoms with Crippen LogP contribution in [0.15, 0.2) is 12.2 Å². The molecule has 9 heteroatoms. The van der Waals surface area contributed by atoms with Crippen molar-refractivity contribution in [2.45, 2.75) is 131 Å². The Bertz CT molecular complexity index is 1340. The molecule has 7 nitrogen and oxygen atoms in total. The van der Waals surface area contributed by atoms with Gasteiger partial charge in [0.15, 0.2) is 0 Å². The molecule has 0 aromatic heterocycles. The number of allylic oxidation sites excluding steroid dienone is 1. The molecule has 276 valence electrons. The van der Waals surface area contributed by atoms with Crippen molar-refractivity contribution in [1.82, 2.24) is 4.90 Å². The largest absolute Gasteiger partial charge is 0.469 e. The average Bonchev–Trinajstić information content (AvgIpc) is 3.42. The minimum Gasteiger partial charge on any atom is -0.469 e. The van der Waals surface area contributed by atoms with E-state index in [9.17, 15) is 14.4 Å². The Morgan fingerprint density at radius 1 is 0.878 bits per heavy atom. The van der Waals surface area contributed by atoms with Crippen LogP contribution in [0.5, 0.6) is 0 Å². The maximum absolute atomic E-state index is 15.7. The third kappa shape index (κ3) is 5.69. The van der Waals surface area contributed by atoms with Gasteiger partial charge in [-0.3, -0.25) is 14.4 Å². The summed E-state index contributed by atoms with van der Waals surface area (Å²) in [5, 5.41) is 0. The van der Waals surface area contributed by atoms with Crippen LogP contribution in [-0.4, -0.2) is 68.2 Å². The summed E-state index contributed by atoms with van der Waals surface area (Å²) in [7, 11) is 1.44. The van der Waals surface area contributed by atoms with E-state index < -0.39 is 18.3 Å². The molecule has 6 aliphatic rings. The number of halogens is 2. The van der Waals surface area contributed by atoms with E-state index in [0.717, 1.165) is 57.8 Å². The van der Waals surface area contributed by atoms with Crippen LogP contribution >= 0.6 is 0 Å². The van der Waals surface area contributed by atoms with Crippen LogP contribution in [0, 0.1) is 56.7 Å². The number of ether oxygens (including phenoxy) is 3. The van der Waals surface area contributed by atoms with Crippen LogP contribution in [0.4, 0.5) is 8.78 Å². The fourth-order valence-electron chi connectivity index (χ4n) is 13.7. The van der Waals surface area contributed by atoms with E-state index >= 15 is 8.78 Å². The second-order valence-corrected chi connectivity index (χ2v) is 18.4. The molecule has 0 unspecified atom stereocenters. The molecule has 6 rings (SSSR count). The fraction of sp³-hybridized carbons (Fsp3) is 0.875. The van der Waals surface area contributed by atoms with Gasteiger partial charge in [-0.05, 0) is 115 Å². The molecule has 1 saturated heterocycles. The number of methoxy groups -OCH3 is 1. The molecule has 10 atom stereocenters. The van der Waals surface area contributed by atoms with Gasteiger partial charge < -0.3 is 19.1 Å². The van der Waals surface area contributed by atoms with Crippen molar-refractivity contribution in [1.29, 1.82) is 0 Å². The summed E-state index contributed by atoms with van der Waals surface area (Å²) in [6.07, 6.45) is 9.05. The number of rotatable bonds is 7.